The summed E-state index contributed by atoms with van der Waals surface area (Å²) in [7, 11) is 0. The highest BCUT2D eigenvalue weighted by molar-refractivity contribution is 9.10. The lowest BCUT2D eigenvalue weighted by Crippen LogP contribution is -2.56. The van der Waals surface area contributed by atoms with Gasteiger partial charge in [0.05, 0.1) is 5.41 Å². The van der Waals surface area contributed by atoms with E-state index in [4.69, 9.17) is 16.3 Å². The maximum absolute atomic E-state index is 12.8. The fourth-order valence-corrected chi connectivity index (χ4v) is 6.06. The SMILES string of the molecule is O=C(Oc1ccc(Br)cc1)C12C[C@@H]3C[C@@H](CC(Cl)(C3)C1)C2. The Hall–Kier alpha value is -0.540. The maximum Gasteiger partial charge on any atom is 0.317 e. The van der Waals surface area contributed by atoms with Crippen LogP contribution < -0.4 is 4.74 Å². The summed E-state index contributed by atoms with van der Waals surface area (Å²) in [6.45, 7) is 0. The molecule has 2 nitrogen and oxygen atoms in total. The predicted molar refractivity (Wildman–Crippen MR) is 85.5 cm³/mol. The molecule has 4 saturated carbocycles. The van der Waals surface area contributed by atoms with E-state index in [2.05, 4.69) is 15.9 Å². The minimum atomic E-state index is -0.334. The molecule has 0 aromatic heterocycles. The lowest BCUT2D eigenvalue weighted by Gasteiger charge is -2.58. The molecule has 4 atom stereocenters. The third-order valence-electron chi connectivity index (χ3n) is 5.45. The van der Waals surface area contributed by atoms with E-state index in [1.807, 2.05) is 24.3 Å². The van der Waals surface area contributed by atoms with Crippen LogP contribution in [0.4, 0.5) is 0 Å². The first-order chi connectivity index (χ1) is 9.96. The van der Waals surface area contributed by atoms with E-state index in [0.29, 0.717) is 17.6 Å². The van der Waals surface area contributed by atoms with Crippen molar-refractivity contribution in [3.05, 3.63) is 28.7 Å². The Labute approximate surface area is 138 Å². The summed E-state index contributed by atoms with van der Waals surface area (Å²) < 4.78 is 6.66. The van der Waals surface area contributed by atoms with Crippen molar-refractivity contribution in [3.63, 3.8) is 0 Å². The maximum atomic E-state index is 12.8. The average Bonchev–Trinajstić information content (AvgIpc) is 2.38. The monoisotopic (exact) mass is 368 g/mol. The molecule has 1 aromatic carbocycles. The molecule has 4 bridgehead atoms. The van der Waals surface area contributed by atoms with Crippen molar-refractivity contribution in [2.24, 2.45) is 17.3 Å². The molecular formula is C17H18BrClO2. The number of alkyl halides is 1. The summed E-state index contributed by atoms with van der Waals surface area (Å²) in [5, 5.41) is 0. The van der Waals surface area contributed by atoms with Gasteiger partial charge in [0, 0.05) is 9.35 Å². The van der Waals surface area contributed by atoms with Crippen molar-refractivity contribution in [2.45, 2.75) is 43.4 Å². The van der Waals surface area contributed by atoms with Crippen LogP contribution in [0.3, 0.4) is 0 Å². The summed E-state index contributed by atoms with van der Waals surface area (Å²) in [6.07, 6.45) is 6.14. The van der Waals surface area contributed by atoms with Gasteiger partial charge >= 0.3 is 5.97 Å². The number of hydrogen-bond donors (Lipinski definition) is 0. The van der Waals surface area contributed by atoms with Gasteiger partial charge in [0.1, 0.15) is 5.75 Å². The van der Waals surface area contributed by atoms with E-state index in [1.54, 1.807) is 0 Å². The number of rotatable bonds is 2. The van der Waals surface area contributed by atoms with Crippen molar-refractivity contribution in [2.75, 3.05) is 0 Å². The van der Waals surface area contributed by atoms with E-state index in [-0.39, 0.29) is 16.3 Å². The first-order valence-corrected chi connectivity index (χ1v) is 8.80. The molecule has 4 aliphatic rings. The second-order valence-corrected chi connectivity index (χ2v) is 8.95. The molecule has 0 spiro atoms. The van der Waals surface area contributed by atoms with Crippen molar-refractivity contribution in [1.82, 2.24) is 0 Å². The minimum absolute atomic E-state index is 0.0658. The second kappa shape index (κ2) is 4.73. The van der Waals surface area contributed by atoms with Gasteiger partial charge in [0.2, 0.25) is 0 Å². The van der Waals surface area contributed by atoms with Gasteiger partial charge in [-0.25, -0.2) is 0 Å². The van der Waals surface area contributed by atoms with Crippen LogP contribution >= 0.6 is 27.5 Å². The zero-order valence-electron chi connectivity index (χ0n) is 11.8. The van der Waals surface area contributed by atoms with E-state index >= 15 is 0 Å². The van der Waals surface area contributed by atoms with Crippen LogP contribution in [0.2, 0.25) is 0 Å². The van der Waals surface area contributed by atoms with E-state index in [0.717, 1.165) is 36.6 Å². The molecule has 1 aromatic rings. The van der Waals surface area contributed by atoms with E-state index < -0.39 is 0 Å². The molecule has 0 aliphatic heterocycles. The predicted octanol–water partition coefficient (Wildman–Crippen LogP) is 4.93. The number of benzene rings is 1. The molecule has 21 heavy (non-hydrogen) atoms. The summed E-state index contributed by atoms with van der Waals surface area (Å²) in [4.78, 5) is 12.7. The molecule has 0 saturated heterocycles. The van der Waals surface area contributed by atoms with Gasteiger partial charge in [-0.05, 0) is 74.6 Å². The number of hydrogen-bond acceptors (Lipinski definition) is 2. The molecule has 2 unspecified atom stereocenters. The smallest absolute Gasteiger partial charge is 0.317 e. The molecule has 4 aliphatic carbocycles. The Kier molecular flexibility index (Phi) is 3.17. The number of ether oxygens (including phenoxy) is 1. The second-order valence-electron chi connectivity index (χ2n) is 7.24. The van der Waals surface area contributed by atoms with Gasteiger partial charge < -0.3 is 4.74 Å². The Morgan fingerprint density at radius 2 is 1.76 bits per heavy atom. The summed E-state index contributed by atoms with van der Waals surface area (Å²) >= 11 is 10.2. The van der Waals surface area contributed by atoms with Gasteiger partial charge in [-0.1, -0.05) is 15.9 Å². The fourth-order valence-electron chi connectivity index (χ4n) is 5.11. The minimum Gasteiger partial charge on any atom is -0.426 e. The number of carbonyl (C=O) groups excluding carboxylic acids is 1. The highest BCUT2D eigenvalue weighted by Crippen LogP contribution is 2.64. The molecule has 4 fully saturated rings. The van der Waals surface area contributed by atoms with Crippen molar-refractivity contribution in [1.29, 1.82) is 0 Å². The Morgan fingerprint density at radius 1 is 1.14 bits per heavy atom. The zero-order chi connectivity index (χ0) is 14.7. The molecule has 112 valence electrons. The third kappa shape index (κ3) is 2.43. The van der Waals surface area contributed by atoms with Crippen LogP contribution in [0.1, 0.15) is 38.5 Å². The van der Waals surface area contributed by atoms with Crippen molar-refractivity contribution >= 4 is 33.5 Å². The van der Waals surface area contributed by atoms with Crippen LogP contribution in [-0.2, 0) is 4.79 Å². The van der Waals surface area contributed by atoms with E-state index in [9.17, 15) is 4.79 Å². The van der Waals surface area contributed by atoms with Crippen LogP contribution in [-0.4, -0.2) is 10.8 Å². The summed E-state index contributed by atoms with van der Waals surface area (Å²) in [5.74, 6) is 1.79. The van der Waals surface area contributed by atoms with Gasteiger partial charge in [-0.3, -0.25) is 4.79 Å². The van der Waals surface area contributed by atoms with Crippen LogP contribution in [0.25, 0.3) is 0 Å². The van der Waals surface area contributed by atoms with Crippen LogP contribution in [0.5, 0.6) is 5.75 Å². The Bertz CT molecular complexity index is 569. The highest BCUT2D eigenvalue weighted by Gasteiger charge is 2.60. The topological polar surface area (TPSA) is 26.3 Å². The summed E-state index contributed by atoms with van der Waals surface area (Å²) in [5.41, 5.74) is -0.334. The normalized spacial score (nSPS) is 40.3. The first kappa shape index (κ1) is 14.1. The number of esters is 1. The molecule has 4 heteroatoms. The standard InChI is InChI=1S/C17H18BrClO2/c18-13-1-3-14(4-2-13)21-15(20)16-6-11-5-12(7-16)9-17(19,8-11)10-16/h1-4,11-12H,5-10H2/t11-,12+,16?,17?. The lowest BCUT2D eigenvalue weighted by molar-refractivity contribution is -0.159. The third-order valence-corrected chi connectivity index (χ3v) is 6.42. The molecule has 5 rings (SSSR count). The zero-order valence-corrected chi connectivity index (χ0v) is 14.1. The largest absolute Gasteiger partial charge is 0.426 e. The van der Waals surface area contributed by atoms with Crippen molar-refractivity contribution in [3.8, 4) is 5.75 Å². The average molecular weight is 370 g/mol. The molecular weight excluding hydrogens is 352 g/mol. The molecule has 0 heterocycles. The van der Waals surface area contributed by atoms with Crippen LogP contribution in [0.15, 0.2) is 28.7 Å². The van der Waals surface area contributed by atoms with Gasteiger partial charge in [-0.2, -0.15) is 0 Å². The Balaban J connectivity index is 1.57. The lowest BCUT2D eigenvalue weighted by atomic mass is 9.49. The molecule has 0 N–H and O–H groups in total. The number of carbonyl (C=O) groups is 1. The Morgan fingerprint density at radius 3 is 2.33 bits per heavy atom. The quantitative estimate of drug-likeness (QED) is 0.419. The van der Waals surface area contributed by atoms with Crippen LogP contribution in [0, 0.1) is 17.3 Å². The van der Waals surface area contributed by atoms with Gasteiger partial charge in [0.15, 0.2) is 0 Å². The molecule has 0 amide bonds. The highest BCUT2D eigenvalue weighted by atomic mass is 79.9. The number of halogens is 2. The summed E-state index contributed by atoms with van der Waals surface area (Å²) in [6, 6.07) is 7.45. The molecule has 0 radical (unpaired) electrons. The van der Waals surface area contributed by atoms with Crippen molar-refractivity contribution < 1.29 is 9.53 Å². The fraction of sp³-hybridized carbons (Fsp3) is 0.588. The van der Waals surface area contributed by atoms with E-state index in [1.165, 1.54) is 6.42 Å². The van der Waals surface area contributed by atoms with Gasteiger partial charge in [0.25, 0.3) is 0 Å². The van der Waals surface area contributed by atoms with Gasteiger partial charge in [-0.15, -0.1) is 11.6 Å². The first-order valence-electron chi connectivity index (χ1n) is 7.63.